The second-order valence-corrected chi connectivity index (χ2v) is 2.70. The minimum absolute atomic E-state index is 0.275. The van der Waals surface area contributed by atoms with Gasteiger partial charge in [-0.2, -0.15) is 0 Å². The third kappa shape index (κ3) is 1.99. The van der Waals surface area contributed by atoms with Crippen LogP contribution in [0.15, 0.2) is 18.2 Å². The molecule has 1 nitrogen and oxygen atoms in total. The molecule has 0 aliphatic carbocycles. The number of alkyl halides is 1. The average molecular weight is 228 g/mol. The molecule has 0 saturated heterocycles. The fraction of sp³-hybridized carbons (Fsp3) is 0.111. The van der Waals surface area contributed by atoms with E-state index >= 15 is 0 Å². The van der Waals surface area contributed by atoms with Crippen molar-refractivity contribution in [2.24, 2.45) is 0 Å². The normalized spacial score (nSPS) is 8.83. The third-order valence-electron chi connectivity index (χ3n) is 1.33. The fourth-order valence-electron chi connectivity index (χ4n) is 0.794. The first-order valence-electron chi connectivity index (χ1n) is 3.34. The van der Waals surface area contributed by atoms with Gasteiger partial charge in [0, 0.05) is 0 Å². The predicted molar refractivity (Wildman–Crippen MR) is 51.5 cm³/mol. The van der Waals surface area contributed by atoms with Crippen LogP contribution in [0.2, 0.25) is 0 Å². The molecule has 0 aliphatic heterocycles. The molecule has 1 aromatic carbocycles. The zero-order valence-electron chi connectivity index (χ0n) is 6.27. The van der Waals surface area contributed by atoms with Crippen LogP contribution >= 0.6 is 15.9 Å². The molecule has 0 fully saturated rings. The van der Waals surface area contributed by atoms with E-state index in [1.165, 1.54) is 6.07 Å². The lowest BCUT2D eigenvalue weighted by atomic mass is 10.2. The number of halogens is 2. The van der Waals surface area contributed by atoms with E-state index in [2.05, 4.69) is 27.8 Å². The van der Waals surface area contributed by atoms with Gasteiger partial charge in [0.05, 0.1) is 16.6 Å². The number of nitrogen functional groups attached to an aromatic ring is 1. The monoisotopic (exact) mass is 227 g/mol. The van der Waals surface area contributed by atoms with Crippen LogP contribution in [-0.4, -0.2) is 5.33 Å². The standard InChI is InChI=1S/C9H7BrFN/c10-6-2-3-7-8(11)4-1-5-9(7)12/h1,4-5H,6,12H2. The van der Waals surface area contributed by atoms with E-state index in [0.29, 0.717) is 11.0 Å². The Labute approximate surface area is 78.9 Å². The molecule has 0 unspecified atom stereocenters. The molecule has 3 heteroatoms. The summed E-state index contributed by atoms with van der Waals surface area (Å²) in [5, 5.41) is 0.515. The van der Waals surface area contributed by atoms with Gasteiger partial charge in [-0.05, 0) is 12.1 Å². The minimum atomic E-state index is -0.372. The molecule has 2 N–H and O–H groups in total. The van der Waals surface area contributed by atoms with Crippen molar-refractivity contribution in [1.82, 2.24) is 0 Å². The number of hydrogen-bond donors (Lipinski definition) is 1. The summed E-state index contributed by atoms with van der Waals surface area (Å²) >= 11 is 3.12. The molecule has 0 saturated carbocycles. The molecular weight excluding hydrogens is 221 g/mol. The Morgan fingerprint density at radius 1 is 1.50 bits per heavy atom. The summed E-state index contributed by atoms with van der Waals surface area (Å²) in [6.45, 7) is 0. The molecule has 0 aliphatic rings. The maximum atomic E-state index is 13.0. The van der Waals surface area contributed by atoms with Crippen LogP contribution in [0.1, 0.15) is 5.56 Å². The van der Waals surface area contributed by atoms with Crippen LogP contribution in [0, 0.1) is 17.7 Å². The zero-order valence-corrected chi connectivity index (χ0v) is 7.86. The Bertz CT molecular complexity index is 318. The van der Waals surface area contributed by atoms with Crippen molar-refractivity contribution < 1.29 is 4.39 Å². The highest BCUT2D eigenvalue weighted by atomic mass is 79.9. The van der Waals surface area contributed by atoms with Crippen LogP contribution < -0.4 is 5.73 Å². The summed E-state index contributed by atoms with van der Waals surface area (Å²) < 4.78 is 13.0. The first-order chi connectivity index (χ1) is 5.75. The molecule has 0 amide bonds. The molecule has 0 aromatic heterocycles. The van der Waals surface area contributed by atoms with Crippen molar-refractivity contribution in [3.63, 3.8) is 0 Å². The quantitative estimate of drug-likeness (QED) is 0.411. The molecule has 0 heterocycles. The van der Waals surface area contributed by atoms with Crippen molar-refractivity contribution in [3.05, 3.63) is 29.6 Å². The number of nitrogens with two attached hydrogens (primary N) is 1. The summed E-state index contributed by atoms with van der Waals surface area (Å²) in [5.41, 5.74) is 6.16. The van der Waals surface area contributed by atoms with Gasteiger partial charge in [0.25, 0.3) is 0 Å². The van der Waals surface area contributed by atoms with Crippen molar-refractivity contribution in [2.45, 2.75) is 0 Å². The van der Waals surface area contributed by atoms with Crippen molar-refractivity contribution >= 4 is 21.6 Å². The lowest BCUT2D eigenvalue weighted by Gasteiger charge is -1.97. The highest BCUT2D eigenvalue weighted by Crippen LogP contribution is 2.13. The largest absolute Gasteiger partial charge is 0.398 e. The smallest absolute Gasteiger partial charge is 0.140 e. The van der Waals surface area contributed by atoms with Gasteiger partial charge in [0.2, 0.25) is 0 Å². The Hall–Kier alpha value is -1.01. The molecule has 0 atom stereocenters. The van der Waals surface area contributed by atoms with Gasteiger partial charge in [-0.25, -0.2) is 4.39 Å². The number of benzene rings is 1. The highest BCUT2D eigenvalue weighted by molar-refractivity contribution is 9.09. The molecule has 1 aromatic rings. The molecule has 62 valence electrons. The van der Waals surface area contributed by atoms with E-state index in [4.69, 9.17) is 5.73 Å². The Morgan fingerprint density at radius 2 is 2.25 bits per heavy atom. The topological polar surface area (TPSA) is 26.0 Å². The second kappa shape index (κ2) is 4.13. The lowest BCUT2D eigenvalue weighted by molar-refractivity contribution is 0.625. The maximum absolute atomic E-state index is 13.0. The number of hydrogen-bond acceptors (Lipinski definition) is 1. The molecular formula is C9H7BrFN. The lowest BCUT2D eigenvalue weighted by Crippen LogP contribution is -1.93. The SMILES string of the molecule is Nc1cccc(F)c1C#CCBr. The minimum Gasteiger partial charge on any atom is -0.398 e. The Kier molecular flexibility index (Phi) is 3.12. The molecule has 1 rings (SSSR count). The predicted octanol–water partition coefficient (Wildman–Crippen LogP) is 2.15. The number of rotatable bonds is 0. The van der Waals surface area contributed by atoms with Crippen LogP contribution in [-0.2, 0) is 0 Å². The van der Waals surface area contributed by atoms with E-state index in [1.54, 1.807) is 12.1 Å². The second-order valence-electron chi connectivity index (χ2n) is 2.14. The zero-order chi connectivity index (χ0) is 8.97. The summed E-state index contributed by atoms with van der Waals surface area (Å²) in [6.07, 6.45) is 0. The van der Waals surface area contributed by atoms with Gasteiger partial charge in [-0.15, -0.1) is 0 Å². The van der Waals surface area contributed by atoms with Gasteiger partial charge >= 0.3 is 0 Å². The van der Waals surface area contributed by atoms with Gasteiger partial charge in [-0.1, -0.05) is 33.8 Å². The van der Waals surface area contributed by atoms with Crippen molar-refractivity contribution in [1.29, 1.82) is 0 Å². The Morgan fingerprint density at radius 3 is 2.83 bits per heavy atom. The maximum Gasteiger partial charge on any atom is 0.140 e. The van der Waals surface area contributed by atoms with E-state index < -0.39 is 0 Å². The van der Waals surface area contributed by atoms with E-state index in [0.717, 1.165) is 0 Å². The van der Waals surface area contributed by atoms with Crippen LogP contribution in [0.3, 0.4) is 0 Å². The number of anilines is 1. The highest BCUT2D eigenvalue weighted by Gasteiger charge is 2.00. The Balaban J connectivity index is 3.13. The van der Waals surface area contributed by atoms with Gasteiger partial charge in [0.15, 0.2) is 0 Å². The average Bonchev–Trinajstić information content (AvgIpc) is 2.04. The van der Waals surface area contributed by atoms with Crippen molar-refractivity contribution in [3.8, 4) is 11.8 Å². The van der Waals surface area contributed by atoms with Crippen LogP contribution in [0.25, 0.3) is 0 Å². The molecule has 0 bridgehead atoms. The van der Waals surface area contributed by atoms with E-state index in [9.17, 15) is 4.39 Å². The first kappa shape index (κ1) is 9.08. The fourth-order valence-corrected chi connectivity index (χ4v) is 0.935. The van der Waals surface area contributed by atoms with Gasteiger partial charge in [-0.3, -0.25) is 0 Å². The van der Waals surface area contributed by atoms with Crippen molar-refractivity contribution in [2.75, 3.05) is 11.1 Å². The van der Waals surface area contributed by atoms with Crippen LogP contribution in [0.5, 0.6) is 0 Å². The molecule has 12 heavy (non-hydrogen) atoms. The van der Waals surface area contributed by atoms with Crippen LogP contribution in [0.4, 0.5) is 10.1 Å². The molecule has 0 spiro atoms. The summed E-state index contributed by atoms with van der Waals surface area (Å²) in [7, 11) is 0. The first-order valence-corrected chi connectivity index (χ1v) is 4.46. The molecule has 0 radical (unpaired) electrons. The summed E-state index contributed by atoms with van der Waals surface area (Å²) in [6, 6.07) is 4.53. The van der Waals surface area contributed by atoms with E-state index in [-0.39, 0.29) is 11.4 Å². The summed E-state index contributed by atoms with van der Waals surface area (Å²) in [5.74, 6) is 4.96. The van der Waals surface area contributed by atoms with Gasteiger partial charge in [0.1, 0.15) is 5.82 Å². The van der Waals surface area contributed by atoms with Gasteiger partial charge < -0.3 is 5.73 Å². The van der Waals surface area contributed by atoms with E-state index in [1.807, 2.05) is 0 Å². The third-order valence-corrected chi connectivity index (χ3v) is 1.61. The summed E-state index contributed by atoms with van der Waals surface area (Å²) in [4.78, 5) is 0.